The molecule has 0 radical (unpaired) electrons. The Hall–Kier alpha value is -2.53. The van der Waals surface area contributed by atoms with Crippen molar-refractivity contribution in [3.05, 3.63) is 75.8 Å². The van der Waals surface area contributed by atoms with Gasteiger partial charge in [-0.1, -0.05) is 24.1 Å². The third kappa shape index (κ3) is 4.25. The highest BCUT2D eigenvalue weighted by atomic mass is 35.5. The summed E-state index contributed by atoms with van der Waals surface area (Å²) in [6.45, 7) is 2.06. The molecular weight excluding hydrogens is 369 g/mol. The monoisotopic (exact) mass is 387 g/mol. The molecule has 1 aromatic carbocycles. The maximum absolute atomic E-state index is 13.5. The van der Waals surface area contributed by atoms with E-state index < -0.39 is 11.8 Å². The standard InChI is InChI=1S/C15H14ClFO.C6H5NO2/c1-2-8-5-14(18)10-7-13(17)12(16)6-11(10)15(8)9-3-4-9;8-6(9)5-2-1-3-7-4-5/h5-7,9,15H,2-4H2,1H3;1-4H,(H,8,9). The molecule has 0 bridgehead atoms. The summed E-state index contributed by atoms with van der Waals surface area (Å²) >= 11 is 5.87. The summed E-state index contributed by atoms with van der Waals surface area (Å²) in [5.41, 5.74) is 2.80. The number of benzene rings is 1. The Labute approximate surface area is 161 Å². The molecule has 27 heavy (non-hydrogen) atoms. The smallest absolute Gasteiger partial charge is 0.337 e. The molecule has 1 N–H and O–H groups in total. The fourth-order valence-corrected chi connectivity index (χ4v) is 3.54. The third-order valence-electron chi connectivity index (χ3n) is 4.82. The first-order chi connectivity index (χ1) is 12.9. The van der Waals surface area contributed by atoms with E-state index in [1.165, 1.54) is 37.4 Å². The summed E-state index contributed by atoms with van der Waals surface area (Å²) < 4.78 is 13.5. The molecule has 2 aromatic rings. The van der Waals surface area contributed by atoms with Gasteiger partial charge in [0, 0.05) is 23.9 Å². The van der Waals surface area contributed by atoms with Gasteiger partial charge >= 0.3 is 5.97 Å². The molecule has 0 saturated heterocycles. The summed E-state index contributed by atoms with van der Waals surface area (Å²) in [6.07, 6.45) is 7.77. The first-order valence-electron chi connectivity index (χ1n) is 8.79. The molecule has 6 heteroatoms. The van der Waals surface area contributed by atoms with Crippen LogP contribution in [0.3, 0.4) is 0 Å². The average Bonchev–Trinajstić information content (AvgIpc) is 3.49. The van der Waals surface area contributed by atoms with Gasteiger partial charge in [0.05, 0.1) is 10.6 Å². The molecule has 2 aliphatic carbocycles. The maximum Gasteiger partial charge on any atom is 0.337 e. The molecule has 4 nitrogen and oxygen atoms in total. The van der Waals surface area contributed by atoms with Gasteiger partial charge in [-0.2, -0.15) is 0 Å². The Morgan fingerprint density at radius 3 is 2.63 bits per heavy atom. The Bertz CT molecular complexity index is 907. The van der Waals surface area contributed by atoms with Crippen molar-refractivity contribution in [1.29, 1.82) is 0 Å². The van der Waals surface area contributed by atoms with Gasteiger partial charge < -0.3 is 5.11 Å². The van der Waals surface area contributed by atoms with E-state index in [2.05, 4.69) is 11.9 Å². The SMILES string of the molecule is CCC1=CC(=O)c2cc(F)c(Cl)cc2C1C1CC1.O=C(O)c1cccnc1. The van der Waals surface area contributed by atoms with Crippen molar-refractivity contribution < 1.29 is 19.1 Å². The Balaban J connectivity index is 0.000000197. The first kappa shape index (κ1) is 19.2. The molecule has 1 atom stereocenters. The van der Waals surface area contributed by atoms with E-state index in [9.17, 15) is 14.0 Å². The minimum Gasteiger partial charge on any atom is -0.478 e. The lowest BCUT2D eigenvalue weighted by Crippen LogP contribution is -2.17. The number of aromatic nitrogens is 1. The maximum atomic E-state index is 13.5. The van der Waals surface area contributed by atoms with Crippen LogP contribution in [0, 0.1) is 11.7 Å². The number of ketones is 1. The van der Waals surface area contributed by atoms with Gasteiger partial charge in [0.1, 0.15) is 5.82 Å². The summed E-state index contributed by atoms with van der Waals surface area (Å²) in [7, 11) is 0. The number of carboxylic acids is 1. The van der Waals surface area contributed by atoms with Crippen LogP contribution < -0.4 is 0 Å². The van der Waals surface area contributed by atoms with E-state index in [1.54, 1.807) is 18.2 Å². The van der Waals surface area contributed by atoms with Gasteiger partial charge in [-0.05, 0) is 61.1 Å². The summed E-state index contributed by atoms with van der Waals surface area (Å²) in [5, 5.41) is 8.46. The van der Waals surface area contributed by atoms with Crippen LogP contribution in [0.15, 0.2) is 48.3 Å². The highest BCUT2D eigenvalue weighted by molar-refractivity contribution is 6.31. The lowest BCUT2D eigenvalue weighted by atomic mass is 9.77. The molecule has 1 fully saturated rings. The van der Waals surface area contributed by atoms with Gasteiger partial charge in [0.15, 0.2) is 5.78 Å². The minimum absolute atomic E-state index is 0.0886. The minimum atomic E-state index is -0.942. The van der Waals surface area contributed by atoms with Crippen molar-refractivity contribution in [2.24, 2.45) is 5.92 Å². The molecule has 1 saturated carbocycles. The van der Waals surface area contributed by atoms with Gasteiger partial charge in [0.2, 0.25) is 0 Å². The highest BCUT2D eigenvalue weighted by Gasteiger charge is 2.38. The van der Waals surface area contributed by atoms with Crippen LogP contribution in [0.1, 0.15) is 58.4 Å². The molecule has 1 aromatic heterocycles. The molecule has 0 aliphatic heterocycles. The number of aromatic carboxylic acids is 1. The van der Waals surface area contributed by atoms with Gasteiger partial charge in [-0.15, -0.1) is 0 Å². The van der Waals surface area contributed by atoms with Gasteiger partial charge in [-0.3, -0.25) is 9.78 Å². The lowest BCUT2D eigenvalue weighted by molar-refractivity contribution is 0.0696. The van der Waals surface area contributed by atoms with Crippen molar-refractivity contribution in [2.75, 3.05) is 0 Å². The van der Waals surface area contributed by atoms with Crippen LogP contribution >= 0.6 is 11.6 Å². The number of carboxylic acid groups (broad SMARTS) is 1. The second kappa shape index (κ2) is 8.01. The van der Waals surface area contributed by atoms with E-state index in [1.807, 2.05) is 0 Å². The number of carbonyl (C=O) groups is 2. The van der Waals surface area contributed by atoms with Crippen LogP contribution in [-0.2, 0) is 0 Å². The number of pyridine rings is 1. The van der Waals surface area contributed by atoms with Crippen LogP contribution in [0.5, 0.6) is 0 Å². The number of nitrogens with zero attached hydrogens (tertiary/aromatic N) is 1. The Kier molecular flexibility index (Phi) is 5.71. The van der Waals surface area contributed by atoms with Crippen LogP contribution in [0.25, 0.3) is 0 Å². The number of hydrogen-bond acceptors (Lipinski definition) is 3. The van der Waals surface area contributed by atoms with Crippen molar-refractivity contribution in [3.63, 3.8) is 0 Å². The quantitative estimate of drug-likeness (QED) is 0.777. The number of rotatable bonds is 3. The van der Waals surface area contributed by atoms with Crippen LogP contribution in [0.2, 0.25) is 5.02 Å². The molecule has 1 unspecified atom stereocenters. The average molecular weight is 388 g/mol. The van der Waals surface area contributed by atoms with Crippen molar-refractivity contribution in [2.45, 2.75) is 32.1 Å². The van der Waals surface area contributed by atoms with E-state index in [-0.39, 0.29) is 22.3 Å². The number of fused-ring (bicyclic) bond motifs is 1. The summed E-state index contributed by atoms with van der Waals surface area (Å²) in [4.78, 5) is 25.8. The lowest BCUT2D eigenvalue weighted by Gasteiger charge is -2.26. The van der Waals surface area contributed by atoms with E-state index >= 15 is 0 Å². The predicted molar refractivity (Wildman–Crippen MR) is 101 cm³/mol. The van der Waals surface area contributed by atoms with E-state index in [4.69, 9.17) is 16.7 Å². The zero-order valence-corrected chi connectivity index (χ0v) is 15.5. The largest absolute Gasteiger partial charge is 0.478 e. The van der Waals surface area contributed by atoms with E-state index in [0.717, 1.165) is 17.6 Å². The highest BCUT2D eigenvalue weighted by Crippen LogP contribution is 2.50. The zero-order valence-electron chi connectivity index (χ0n) is 14.8. The molecular formula is C21H19ClFNO3. The number of halogens is 2. The second-order valence-electron chi connectivity index (χ2n) is 6.65. The summed E-state index contributed by atoms with van der Waals surface area (Å²) in [6, 6.07) is 6.02. The molecule has 4 rings (SSSR count). The molecule has 0 amide bonds. The van der Waals surface area contributed by atoms with Crippen LogP contribution in [-0.4, -0.2) is 21.8 Å². The van der Waals surface area contributed by atoms with Crippen LogP contribution in [0.4, 0.5) is 4.39 Å². The third-order valence-corrected chi connectivity index (χ3v) is 5.11. The zero-order chi connectivity index (χ0) is 19.6. The number of allylic oxidation sites excluding steroid dienone is 2. The topological polar surface area (TPSA) is 67.3 Å². The van der Waals surface area contributed by atoms with Crippen molar-refractivity contribution in [3.8, 4) is 0 Å². The Morgan fingerprint density at radius 1 is 1.37 bits per heavy atom. The normalized spacial score (nSPS) is 18.1. The molecule has 140 valence electrons. The molecule has 1 heterocycles. The van der Waals surface area contributed by atoms with Crippen molar-refractivity contribution >= 4 is 23.4 Å². The second-order valence-corrected chi connectivity index (χ2v) is 7.06. The van der Waals surface area contributed by atoms with Gasteiger partial charge in [-0.25, -0.2) is 9.18 Å². The fourth-order valence-electron chi connectivity index (χ4n) is 3.37. The predicted octanol–water partition coefficient (Wildman–Crippen LogP) is 5.29. The van der Waals surface area contributed by atoms with Gasteiger partial charge in [0.25, 0.3) is 0 Å². The van der Waals surface area contributed by atoms with E-state index in [0.29, 0.717) is 11.5 Å². The fraction of sp³-hybridized carbons (Fsp3) is 0.286. The molecule has 2 aliphatic rings. The van der Waals surface area contributed by atoms with Crippen molar-refractivity contribution in [1.82, 2.24) is 4.98 Å². The molecule has 0 spiro atoms. The first-order valence-corrected chi connectivity index (χ1v) is 9.17. The summed E-state index contributed by atoms with van der Waals surface area (Å²) in [5.74, 6) is -0.672. The number of carbonyl (C=O) groups excluding carboxylic acids is 1. The number of hydrogen-bond donors (Lipinski definition) is 1. The Morgan fingerprint density at radius 2 is 2.11 bits per heavy atom.